The van der Waals surface area contributed by atoms with Crippen LogP contribution in [-0.4, -0.2) is 12.3 Å². The average Bonchev–Trinajstić information content (AvgIpc) is 0.694. The van der Waals surface area contributed by atoms with E-state index in [0.717, 1.165) is 36.4 Å². The van der Waals surface area contributed by atoms with Crippen molar-refractivity contribution in [3.8, 4) is 0 Å². The number of hydrogen-bond acceptors (Lipinski definition) is 1. The molecule has 0 amide bonds. The van der Waals surface area contributed by atoms with E-state index in [1.54, 1.807) is 0 Å². The minimum atomic E-state index is -5.72. The summed E-state index contributed by atoms with van der Waals surface area (Å²) in [5, 5.41) is 0. The van der Waals surface area contributed by atoms with Crippen LogP contribution in [0.3, 0.4) is 0 Å². The molecule has 14 aromatic carbocycles. The van der Waals surface area contributed by atoms with Crippen LogP contribution < -0.4 is 43.7 Å². The first-order valence-electron chi connectivity index (χ1n) is 33.7. The number of rotatable bonds is 16. The van der Waals surface area contributed by atoms with Crippen LogP contribution in [0.25, 0.3) is 0 Å². The molecule has 119 heavy (non-hydrogen) atoms. The lowest BCUT2D eigenvalue weighted by Crippen LogP contribution is -2.79. The maximum Gasteiger partial charge on any atom is 0.200 e. The summed E-state index contributed by atoms with van der Waals surface area (Å²) in [6.45, 7) is 0. The highest BCUT2D eigenvalue weighted by Gasteiger charge is 2.52. The molecule has 0 heterocycles. The highest BCUT2D eigenvalue weighted by molar-refractivity contribution is 7.99. The van der Waals surface area contributed by atoms with Gasteiger partial charge in [-0.15, -0.1) is 32.8 Å². The van der Waals surface area contributed by atoms with E-state index in [1.165, 1.54) is 39.2 Å². The first-order chi connectivity index (χ1) is 56.6. The first kappa shape index (κ1) is 86.5. The maximum absolute atomic E-state index is 15.3. The van der Waals surface area contributed by atoms with Crippen LogP contribution in [0, 0.1) is 175 Å². The van der Waals surface area contributed by atoms with Crippen molar-refractivity contribution in [3.05, 3.63) is 405 Å². The summed E-state index contributed by atoms with van der Waals surface area (Å²) < 4.78 is 440. The fourth-order valence-corrected chi connectivity index (χ4v) is 18.8. The standard InChI is InChI=1S/C36H28S3.2C24H5BF15/c1-5-13-31(14-6-1)38(32-15-7-2-8-16-32)35-25-21-29(22-26-35)37-30-23-27-36(28-24-30)39(33-17-9-3-10-18-33)34-19-11-4-12-20-34;2*26-10-7(11(27)17(33)22(38)16(10)32)25(6-4-2-1-3-5-6,8-12(28)18(34)23(39)19(35)13(8)29)9-14(30)20(36)24(40)21(37)15(9)31/h1-28H;2*1-5H/q+2;2*-1. The van der Waals surface area contributed by atoms with Crippen LogP contribution in [0.5, 0.6) is 0 Å². The smallest absolute Gasteiger partial charge is 0.200 e. The third kappa shape index (κ3) is 15.1. The number of hydrogen-bond donors (Lipinski definition) is 0. The van der Waals surface area contributed by atoms with E-state index in [-0.39, 0.29) is 21.8 Å². The van der Waals surface area contributed by atoms with Crippen molar-refractivity contribution in [1.82, 2.24) is 0 Å². The Morgan fingerprint density at radius 1 is 0.143 bits per heavy atom. The minimum Gasteiger partial charge on any atom is -0.207 e. The Morgan fingerprint density at radius 3 is 0.420 bits per heavy atom. The van der Waals surface area contributed by atoms with Crippen LogP contribution in [-0.2, 0) is 21.8 Å². The molecular formula is C84H38B2F30S3. The van der Waals surface area contributed by atoms with Gasteiger partial charge in [-0.3, -0.25) is 0 Å². The molecule has 0 aromatic heterocycles. The van der Waals surface area contributed by atoms with Gasteiger partial charge < -0.3 is 0 Å². The second-order valence-corrected chi connectivity index (χ2v) is 30.6. The zero-order valence-corrected chi connectivity index (χ0v) is 61.1. The molecule has 608 valence electrons. The van der Waals surface area contributed by atoms with Gasteiger partial charge in [-0.05, 0) is 97.1 Å². The number of halogens is 30. The molecule has 0 nitrogen and oxygen atoms in total. The Labute approximate surface area is 662 Å². The minimum absolute atomic E-state index is 0.123. The summed E-state index contributed by atoms with van der Waals surface area (Å²) in [4.78, 5) is 10.5. The molecule has 14 rings (SSSR count). The van der Waals surface area contributed by atoms with Crippen molar-refractivity contribution in [2.24, 2.45) is 0 Å². The summed E-state index contributed by atoms with van der Waals surface area (Å²) in [6, 6.07) is 68.0. The monoisotopic (exact) mass is 1730 g/mol. The van der Waals surface area contributed by atoms with E-state index >= 15 is 52.7 Å². The summed E-state index contributed by atoms with van der Waals surface area (Å²) >= 11 is 1.82. The van der Waals surface area contributed by atoms with E-state index in [2.05, 4.69) is 170 Å². The second-order valence-electron chi connectivity index (χ2n) is 25.4. The van der Waals surface area contributed by atoms with Gasteiger partial charge in [-0.2, -0.15) is 10.9 Å². The van der Waals surface area contributed by atoms with Gasteiger partial charge in [0.15, 0.2) is 134 Å². The predicted molar refractivity (Wildman–Crippen MR) is 386 cm³/mol. The quantitative estimate of drug-likeness (QED) is 0.0305. The molecule has 0 aliphatic heterocycles. The first-order valence-corrected chi connectivity index (χ1v) is 37.0. The Balaban J connectivity index is 0.000000164. The summed E-state index contributed by atoms with van der Waals surface area (Å²) in [5.74, 6) is -90.9. The van der Waals surface area contributed by atoms with Crippen molar-refractivity contribution in [2.75, 3.05) is 0 Å². The van der Waals surface area contributed by atoms with E-state index in [0.29, 0.717) is 24.3 Å². The predicted octanol–water partition coefficient (Wildman–Crippen LogP) is 20.3. The lowest BCUT2D eigenvalue weighted by molar-refractivity contribution is 0.379. The van der Waals surface area contributed by atoms with Gasteiger partial charge in [0.2, 0.25) is 0 Å². The molecule has 14 aromatic rings. The summed E-state index contributed by atoms with van der Waals surface area (Å²) in [5.41, 5.74) is -18.8. The third-order valence-corrected chi connectivity index (χ3v) is 24.4. The third-order valence-electron chi connectivity index (χ3n) is 18.9. The van der Waals surface area contributed by atoms with Gasteiger partial charge in [0, 0.05) is 9.79 Å². The van der Waals surface area contributed by atoms with Crippen LogP contribution in [0.4, 0.5) is 132 Å². The van der Waals surface area contributed by atoms with Crippen molar-refractivity contribution in [2.45, 2.75) is 39.2 Å². The van der Waals surface area contributed by atoms with E-state index in [4.69, 9.17) is 0 Å². The molecule has 0 N–H and O–H groups in total. The Kier molecular flexibility index (Phi) is 25.4. The lowest BCUT2D eigenvalue weighted by atomic mass is 9.12. The molecule has 0 aliphatic rings. The van der Waals surface area contributed by atoms with Crippen molar-refractivity contribution in [1.29, 1.82) is 0 Å². The largest absolute Gasteiger partial charge is 0.207 e. The van der Waals surface area contributed by atoms with Crippen LogP contribution in [0.1, 0.15) is 0 Å². The number of benzene rings is 14. The van der Waals surface area contributed by atoms with Crippen molar-refractivity contribution < 1.29 is 132 Å². The zero-order valence-electron chi connectivity index (χ0n) is 58.7. The lowest BCUT2D eigenvalue weighted by Gasteiger charge is -2.44. The molecule has 0 unspecified atom stereocenters. The molecule has 0 spiro atoms. The van der Waals surface area contributed by atoms with Crippen LogP contribution in [0.2, 0.25) is 0 Å². The fraction of sp³-hybridized carbons (Fsp3) is 0. The molecule has 0 radical (unpaired) electrons. The average molecular weight is 1730 g/mol. The SMILES string of the molecule is Fc1c(F)c(F)c([B-](c2ccccc2)(c2c(F)c(F)c(F)c(F)c2F)c2c(F)c(F)c(F)c(F)c2F)c(F)c1F.Fc1c(F)c(F)c([B-](c2ccccc2)(c2c(F)c(F)c(F)c(F)c2F)c2c(F)c(F)c(F)c(F)c2F)c(F)c1F.c1ccc([S+](c2ccccc2)c2ccc(Sc3ccc([S+](c4ccccc4)c4ccccc4)cc3)cc2)cc1. The Bertz CT molecular complexity index is 5240. The van der Waals surface area contributed by atoms with Gasteiger partial charge in [0.25, 0.3) is 0 Å². The molecule has 0 bridgehead atoms. The molecular weight excluding hydrogens is 1700 g/mol. The molecule has 0 saturated heterocycles. The van der Waals surface area contributed by atoms with Gasteiger partial charge in [-0.1, -0.05) is 145 Å². The Morgan fingerprint density at radius 2 is 0.269 bits per heavy atom. The van der Waals surface area contributed by atoms with Gasteiger partial charge in [-0.25, -0.2) is 132 Å². The van der Waals surface area contributed by atoms with Crippen molar-refractivity contribution >= 4 is 89.5 Å². The van der Waals surface area contributed by atoms with Gasteiger partial charge >= 0.3 is 0 Å². The Hall–Kier alpha value is -11.8. The molecule has 0 fully saturated rings. The van der Waals surface area contributed by atoms with E-state index in [9.17, 15) is 79.0 Å². The van der Waals surface area contributed by atoms with E-state index in [1.807, 2.05) is 11.8 Å². The molecule has 0 saturated carbocycles. The van der Waals surface area contributed by atoms with Crippen molar-refractivity contribution in [3.63, 3.8) is 0 Å². The van der Waals surface area contributed by atoms with Crippen LogP contribution >= 0.6 is 11.8 Å². The van der Waals surface area contributed by atoms with E-state index < -0.39 is 231 Å². The highest BCUT2D eigenvalue weighted by Crippen LogP contribution is 2.39. The molecule has 35 heteroatoms. The summed E-state index contributed by atoms with van der Waals surface area (Å²) in [6.07, 6.45) is -11.4. The van der Waals surface area contributed by atoms with Gasteiger partial charge in [0.05, 0.1) is 21.8 Å². The van der Waals surface area contributed by atoms with Gasteiger partial charge in [0.1, 0.15) is 82.1 Å². The molecule has 0 atom stereocenters. The maximum atomic E-state index is 15.3. The molecule has 0 aliphatic carbocycles. The zero-order chi connectivity index (χ0) is 86.3. The second kappa shape index (κ2) is 35.0. The highest BCUT2D eigenvalue weighted by atomic mass is 32.2. The van der Waals surface area contributed by atoms with Crippen LogP contribution in [0.15, 0.2) is 270 Å². The summed E-state index contributed by atoms with van der Waals surface area (Å²) in [7, 11) is -0.245. The fourth-order valence-electron chi connectivity index (χ4n) is 13.8. The normalized spacial score (nSPS) is 11.6. The topological polar surface area (TPSA) is 0 Å².